The summed E-state index contributed by atoms with van der Waals surface area (Å²) >= 11 is 7.24. The number of esters is 1. The lowest BCUT2D eigenvalue weighted by atomic mass is 9.96. The van der Waals surface area contributed by atoms with E-state index in [1.807, 2.05) is 32.0 Å². The molecule has 0 fully saturated rings. The molecule has 2 aromatic rings. The number of anilines is 1. The Labute approximate surface area is 199 Å². The molecule has 1 heterocycles. The molecule has 32 heavy (non-hydrogen) atoms. The van der Waals surface area contributed by atoms with Crippen molar-refractivity contribution >= 4 is 39.6 Å². The SMILES string of the molecule is CCOC(=O)c1c(NC(=S)NC(C)c2cc(OC)ccc2OC)sc2c1CCCCCC2. The number of carbonyl (C=O) groups is 1. The lowest BCUT2D eigenvalue weighted by Crippen LogP contribution is -2.31. The van der Waals surface area contributed by atoms with Gasteiger partial charge in [0.15, 0.2) is 5.11 Å². The molecule has 1 aromatic carbocycles. The number of benzene rings is 1. The molecule has 0 bridgehead atoms. The fraction of sp³-hybridized carbons (Fsp3) is 0.500. The molecule has 0 aliphatic heterocycles. The van der Waals surface area contributed by atoms with Crippen molar-refractivity contribution in [2.45, 2.75) is 58.4 Å². The highest BCUT2D eigenvalue weighted by atomic mass is 32.1. The van der Waals surface area contributed by atoms with E-state index in [1.165, 1.54) is 17.7 Å². The molecular formula is C24H32N2O4S2. The largest absolute Gasteiger partial charge is 0.497 e. The summed E-state index contributed by atoms with van der Waals surface area (Å²) in [5.74, 6) is 1.22. The Hall–Kier alpha value is -2.32. The van der Waals surface area contributed by atoms with Crippen LogP contribution >= 0.6 is 23.6 Å². The maximum atomic E-state index is 12.8. The van der Waals surface area contributed by atoms with Crippen LogP contribution in [0.3, 0.4) is 0 Å². The summed E-state index contributed by atoms with van der Waals surface area (Å²) in [5, 5.41) is 7.80. The van der Waals surface area contributed by atoms with E-state index < -0.39 is 0 Å². The minimum atomic E-state index is -0.279. The average molecular weight is 477 g/mol. The summed E-state index contributed by atoms with van der Waals surface area (Å²) in [6.07, 6.45) is 6.55. The summed E-state index contributed by atoms with van der Waals surface area (Å²) in [6, 6.07) is 5.53. The van der Waals surface area contributed by atoms with Crippen LogP contribution < -0.4 is 20.1 Å². The van der Waals surface area contributed by atoms with Crippen LogP contribution in [0.25, 0.3) is 0 Å². The zero-order chi connectivity index (χ0) is 23.1. The van der Waals surface area contributed by atoms with Crippen molar-refractivity contribution in [1.82, 2.24) is 5.32 Å². The Bertz CT molecular complexity index is 958. The molecule has 0 spiro atoms. The Morgan fingerprint density at radius 3 is 2.59 bits per heavy atom. The van der Waals surface area contributed by atoms with Crippen LogP contribution in [-0.4, -0.2) is 31.9 Å². The van der Waals surface area contributed by atoms with Crippen LogP contribution in [0.5, 0.6) is 11.5 Å². The minimum absolute atomic E-state index is 0.132. The first kappa shape index (κ1) is 24.3. The lowest BCUT2D eigenvalue weighted by molar-refractivity contribution is 0.0526. The zero-order valence-corrected chi connectivity index (χ0v) is 20.8. The third kappa shape index (κ3) is 5.72. The predicted molar refractivity (Wildman–Crippen MR) is 133 cm³/mol. The van der Waals surface area contributed by atoms with Gasteiger partial charge in [-0.05, 0) is 75.5 Å². The molecule has 0 saturated carbocycles. The molecule has 0 saturated heterocycles. The Morgan fingerprint density at radius 2 is 1.91 bits per heavy atom. The van der Waals surface area contributed by atoms with Crippen LogP contribution in [0.15, 0.2) is 18.2 Å². The molecule has 1 atom stereocenters. The molecule has 2 N–H and O–H groups in total. The van der Waals surface area contributed by atoms with E-state index in [2.05, 4.69) is 10.6 Å². The van der Waals surface area contributed by atoms with Crippen molar-refractivity contribution in [3.05, 3.63) is 39.8 Å². The van der Waals surface area contributed by atoms with Gasteiger partial charge in [0.2, 0.25) is 0 Å². The minimum Gasteiger partial charge on any atom is -0.497 e. The molecule has 3 rings (SSSR count). The van der Waals surface area contributed by atoms with E-state index in [-0.39, 0.29) is 12.0 Å². The van der Waals surface area contributed by atoms with Crippen LogP contribution in [0, 0.1) is 0 Å². The highest BCUT2D eigenvalue weighted by Crippen LogP contribution is 2.38. The summed E-state index contributed by atoms with van der Waals surface area (Å²) in [6.45, 7) is 4.18. The van der Waals surface area contributed by atoms with Gasteiger partial charge in [0.25, 0.3) is 0 Å². The van der Waals surface area contributed by atoms with Crippen LogP contribution in [-0.2, 0) is 17.6 Å². The predicted octanol–water partition coefficient (Wildman–Crippen LogP) is 5.65. The summed E-state index contributed by atoms with van der Waals surface area (Å²) in [5.41, 5.74) is 2.70. The van der Waals surface area contributed by atoms with Gasteiger partial charge in [0.05, 0.1) is 32.4 Å². The summed E-state index contributed by atoms with van der Waals surface area (Å²) in [7, 11) is 3.28. The number of thiophene rings is 1. The van der Waals surface area contributed by atoms with Gasteiger partial charge in [-0.3, -0.25) is 0 Å². The van der Waals surface area contributed by atoms with Crippen molar-refractivity contribution in [1.29, 1.82) is 0 Å². The van der Waals surface area contributed by atoms with E-state index in [1.54, 1.807) is 25.6 Å². The van der Waals surface area contributed by atoms with Gasteiger partial charge in [-0.2, -0.15) is 0 Å². The standard InChI is InChI=1S/C24H32N2O4S2/c1-5-30-23(27)21-17-10-8-6-7-9-11-20(17)32-22(21)26-24(31)25-15(2)18-14-16(28-3)12-13-19(18)29-4/h12-15H,5-11H2,1-4H3,(H2,25,26,31). The molecule has 0 radical (unpaired) electrons. The fourth-order valence-electron chi connectivity index (χ4n) is 4.02. The third-order valence-electron chi connectivity index (χ3n) is 5.63. The highest BCUT2D eigenvalue weighted by Gasteiger charge is 2.26. The van der Waals surface area contributed by atoms with Gasteiger partial charge in [0.1, 0.15) is 16.5 Å². The van der Waals surface area contributed by atoms with E-state index in [9.17, 15) is 4.79 Å². The van der Waals surface area contributed by atoms with E-state index in [0.717, 1.165) is 53.3 Å². The van der Waals surface area contributed by atoms with Crippen molar-refractivity contribution in [2.75, 3.05) is 26.1 Å². The third-order valence-corrected chi connectivity index (χ3v) is 7.06. The van der Waals surface area contributed by atoms with Gasteiger partial charge in [-0.1, -0.05) is 12.8 Å². The maximum Gasteiger partial charge on any atom is 0.341 e. The second-order valence-electron chi connectivity index (χ2n) is 7.77. The quantitative estimate of drug-likeness (QED) is 0.395. The van der Waals surface area contributed by atoms with Gasteiger partial charge >= 0.3 is 5.97 Å². The number of ether oxygens (including phenoxy) is 3. The number of fused-ring (bicyclic) bond motifs is 1. The Kier molecular flexibility index (Phi) is 8.75. The maximum absolute atomic E-state index is 12.8. The monoisotopic (exact) mass is 476 g/mol. The van der Waals surface area contributed by atoms with Gasteiger partial charge in [-0.25, -0.2) is 4.79 Å². The first-order valence-corrected chi connectivity index (χ1v) is 12.3. The second kappa shape index (κ2) is 11.5. The van der Waals surface area contributed by atoms with Crippen LogP contribution in [0.1, 0.15) is 71.9 Å². The smallest absolute Gasteiger partial charge is 0.341 e. The summed E-state index contributed by atoms with van der Waals surface area (Å²) in [4.78, 5) is 14.1. The molecular weight excluding hydrogens is 444 g/mol. The van der Waals surface area contributed by atoms with Crippen molar-refractivity contribution in [3.8, 4) is 11.5 Å². The number of hydrogen-bond acceptors (Lipinski definition) is 6. The van der Waals surface area contributed by atoms with Gasteiger partial charge < -0.3 is 24.8 Å². The van der Waals surface area contributed by atoms with Crippen LogP contribution in [0.2, 0.25) is 0 Å². The lowest BCUT2D eigenvalue weighted by Gasteiger charge is -2.20. The second-order valence-corrected chi connectivity index (χ2v) is 9.28. The normalized spacial score (nSPS) is 14.4. The van der Waals surface area contributed by atoms with Gasteiger partial charge in [0, 0.05) is 10.4 Å². The first-order valence-electron chi connectivity index (χ1n) is 11.1. The van der Waals surface area contributed by atoms with E-state index in [0.29, 0.717) is 17.3 Å². The molecule has 1 aliphatic carbocycles. The van der Waals surface area contributed by atoms with Gasteiger partial charge in [-0.15, -0.1) is 11.3 Å². The van der Waals surface area contributed by atoms with E-state index >= 15 is 0 Å². The van der Waals surface area contributed by atoms with Crippen molar-refractivity contribution in [2.24, 2.45) is 0 Å². The molecule has 174 valence electrons. The molecule has 1 unspecified atom stereocenters. The van der Waals surface area contributed by atoms with Crippen molar-refractivity contribution < 1.29 is 19.0 Å². The number of rotatable bonds is 7. The molecule has 1 aromatic heterocycles. The number of hydrogen-bond donors (Lipinski definition) is 2. The average Bonchev–Trinajstić information content (AvgIpc) is 3.09. The number of nitrogens with one attached hydrogen (secondary N) is 2. The van der Waals surface area contributed by atoms with Crippen LogP contribution in [0.4, 0.5) is 5.00 Å². The molecule has 1 aliphatic rings. The number of aryl methyl sites for hydroxylation is 1. The number of methoxy groups -OCH3 is 2. The molecule has 0 amide bonds. The topological polar surface area (TPSA) is 68.8 Å². The Balaban J connectivity index is 1.82. The van der Waals surface area contributed by atoms with Crippen molar-refractivity contribution in [3.63, 3.8) is 0 Å². The fourth-order valence-corrected chi connectivity index (χ4v) is 5.64. The number of thiocarbonyl (C=S) groups is 1. The van der Waals surface area contributed by atoms with E-state index in [4.69, 9.17) is 26.4 Å². The first-order chi connectivity index (χ1) is 15.5. The Morgan fingerprint density at radius 1 is 1.16 bits per heavy atom. The molecule has 6 nitrogen and oxygen atoms in total. The number of carbonyl (C=O) groups excluding carboxylic acids is 1. The molecule has 8 heteroatoms. The highest BCUT2D eigenvalue weighted by molar-refractivity contribution is 7.80. The summed E-state index contributed by atoms with van der Waals surface area (Å²) < 4.78 is 16.2. The zero-order valence-electron chi connectivity index (χ0n) is 19.2.